The van der Waals surface area contributed by atoms with Gasteiger partial charge in [-0.2, -0.15) is 4.39 Å². The summed E-state index contributed by atoms with van der Waals surface area (Å²) in [5.41, 5.74) is -0.159. The Kier molecular flexibility index (Phi) is 7.43. The molecule has 2 aromatic carbocycles. The molecule has 29 heavy (non-hydrogen) atoms. The van der Waals surface area contributed by atoms with Crippen molar-refractivity contribution >= 4 is 45.3 Å². The van der Waals surface area contributed by atoms with Crippen LogP contribution in [0.2, 0.25) is 0 Å². The molecule has 152 valence electrons. The van der Waals surface area contributed by atoms with Gasteiger partial charge in [-0.1, -0.05) is 15.9 Å². The van der Waals surface area contributed by atoms with Gasteiger partial charge in [-0.25, -0.2) is 4.79 Å². The molecule has 8 nitrogen and oxygen atoms in total. The summed E-state index contributed by atoms with van der Waals surface area (Å²) in [6.45, 7) is 1.33. The first kappa shape index (κ1) is 22.0. The fraction of sp³-hybridized carbons (Fsp3) is 0.158. The third-order valence-corrected chi connectivity index (χ3v) is 4.16. The van der Waals surface area contributed by atoms with E-state index in [1.54, 1.807) is 18.2 Å². The number of carbonyl (C=O) groups is 2. The molecule has 0 spiro atoms. The van der Waals surface area contributed by atoms with Gasteiger partial charge in [0.1, 0.15) is 5.75 Å². The van der Waals surface area contributed by atoms with Crippen molar-refractivity contribution in [3.05, 3.63) is 68.4 Å². The van der Waals surface area contributed by atoms with E-state index in [1.807, 2.05) is 0 Å². The highest BCUT2D eigenvalue weighted by Crippen LogP contribution is 2.24. The second-order valence-electron chi connectivity index (χ2n) is 5.71. The van der Waals surface area contributed by atoms with Crippen molar-refractivity contribution in [3.8, 4) is 5.75 Å². The largest absolute Gasteiger partial charge is 0.496 e. The summed E-state index contributed by atoms with van der Waals surface area (Å²) in [4.78, 5) is 34.0. The highest BCUT2D eigenvalue weighted by Gasteiger charge is 2.19. The normalized spacial score (nSPS) is 11.7. The number of esters is 1. The lowest BCUT2D eigenvalue weighted by Gasteiger charge is -2.12. The maximum Gasteiger partial charge on any atom is 0.331 e. The zero-order chi connectivity index (χ0) is 21.6. The fourth-order valence-electron chi connectivity index (χ4n) is 2.23. The monoisotopic (exact) mass is 466 g/mol. The van der Waals surface area contributed by atoms with Crippen molar-refractivity contribution in [1.29, 1.82) is 0 Å². The van der Waals surface area contributed by atoms with Crippen LogP contribution in [0.5, 0.6) is 5.75 Å². The number of nitro groups is 1. The summed E-state index contributed by atoms with van der Waals surface area (Å²) < 4.78 is 24.3. The van der Waals surface area contributed by atoms with Crippen LogP contribution in [-0.2, 0) is 14.3 Å². The van der Waals surface area contributed by atoms with E-state index >= 15 is 0 Å². The number of nitro benzene ring substituents is 1. The molecule has 0 fully saturated rings. The highest BCUT2D eigenvalue weighted by molar-refractivity contribution is 9.10. The molecule has 0 aliphatic carbocycles. The number of carbonyl (C=O) groups excluding carboxylic acids is 2. The number of hydrogen-bond acceptors (Lipinski definition) is 6. The van der Waals surface area contributed by atoms with Crippen LogP contribution in [-0.4, -0.2) is 30.0 Å². The lowest BCUT2D eigenvalue weighted by molar-refractivity contribution is -0.387. The van der Waals surface area contributed by atoms with Crippen LogP contribution in [0.3, 0.4) is 0 Å². The number of ether oxygens (including phenoxy) is 2. The van der Waals surface area contributed by atoms with Gasteiger partial charge in [0.25, 0.3) is 5.91 Å². The minimum atomic E-state index is -1.19. The van der Waals surface area contributed by atoms with Crippen molar-refractivity contribution in [2.24, 2.45) is 0 Å². The molecular weight excluding hydrogens is 451 g/mol. The maximum atomic E-state index is 13.3. The quantitative estimate of drug-likeness (QED) is 0.285. The number of methoxy groups -OCH3 is 1. The van der Waals surface area contributed by atoms with Crippen LogP contribution < -0.4 is 10.1 Å². The lowest BCUT2D eigenvalue weighted by atomic mass is 10.2. The molecule has 0 saturated heterocycles. The molecule has 0 heterocycles. The van der Waals surface area contributed by atoms with Gasteiger partial charge >= 0.3 is 11.7 Å². The van der Waals surface area contributed by atoms with Gasteiger partial charge < -0.3 is 14.8 Å². The SMILES string of the molecule is COc1ccc(Br)cc1/C=C/C(=O)OC(C)C(=O)Nc1ccc(F)c([N+](=O)[O-])c1. The molecule has 1 N–H and O–H groups in total. The summed E-state index contributed by atoms with van der Waals surface area (Å²) in [6.07, 6.45) is 1.41. The van der Waals surface area contributed by atoms with E-state index in [0.29, 0.717) is 11.3 Å². The maximum absolute atomic E-state index is 13.3. The Morgan fingerprint density at radius 3 is 2.66 bits per heavy atom. The van der Waals surface area contributed by atoms with Crippen molar-refractivity contribution in [2.75, 3.05) is 12.4 Å². The van der Waals surface area contributed by atoms with Crippen LogP contribution in [0.25, 0.3) is 6.08 Å². The van der Waals surface area contributed by atoms with Crippen molar-refractivity contribution < 1.29 is 28.4 Å². The van der Waals surface area contributed by atoms with E-state index < -0.39 is 34.4 Å². The molecule has 0 bridgehead atoms. The van der Waals surface area contributed by atoms with E-state index in [0.717, 1.165) is 28.7 Å². The van der Waals surface area contributed by atoms with Gasteiger partial charge in [0.15, 0.2) is 6.10 Å². The first-order chi connectivity index (χ1) is 13.7. The van der Waals surface area contributed by atoms with Gasteiger partial charge in [-0.3, -0.25) is 14.9 Å². The number of amides is 1. The zero-order valence-electron chi connectivity index (χ0n) is 15.3. The predicted molar refractivity (Wildman–Crippen MR) is 107 cm³/mol. The molecule has 0 aromatic heterocycles. The Morgan fingerprint density at radius 1 is 1.28 bits per heavy atom. The van der Waals surface area contributed by atoms with E-state index in [9.17, 15) is 24.1 Å². The van der Waals surface area contributed by atoms with E-state index in [-0.39, 0.29) is 5.69 Å². The third kappa shape index (κ3) is 6.11. The van der Waals surface area contributed by atoms with E-state index in [4.69, 9.17) is 9.47 Å². The fourth-order valence-corrected chi connectivity index (χ4v) is 2.61. The number of nitrogens with one attached hydrogen (secondary N) is 1. The molecule has 0 aliphatic heterocycles. The summed E-state index contributed by atoms with van der Waals surface area (Å²) >= 11 is 3.32. The second kappa shape index (κ2) is 9.78. The van der Waals surface area contributed by atoms with Crippen molar-refractivity contribution in [3.63, 3.8) is 0 Å². The Morgan fingerprint density at radius 2 is 2.00 bits per heavy atom. The zero-order valence-corrected chi connectivity index (χ0v) is 16.9. The second-order valence-corrected chi connectivity index (χ2v) is 6.63. The van der Waals surface area contributed by atoms with Gasteiger partial charge in [0.2, 0.25) is 5.82 Å². The first-order valence-corrected chi connectivity index (χ1v) is 8.97. The van der Waals surface area contributed by atoms with Crippen LogP contribution in [0.4, 0.5) is 15.8 Å². The number of halogens is 2. The molecule has 1 amide bonds. The Balaban J connectivity index is 2.01. The van der Waals surface area contributed by atoms with Gasteiger partial charge in [-0.05, 0) is 43.3 Å². The van der Waals surface area contributed by atoms with E-state index in [2.05, 4.69) is 21.2 Å². The average Bonchev–Trinajstić information content (AvgIpc) is 2.67. The lowest BCUT2D eigenvalue weighted by Crippen LogP contribution is -2.29. The minimum Gasteiger partial charge on any atom is -0.496 e. The molecule has 0 radical (unpaired) electrons. The molecule has 10 heteroatoms. The summed E-state index contributed by atoms with van der Waals surface area (Å²) in [6, 6.07) is 8.13. The predicted octanol–water partition coefficient (Wildman–Crippen LogP) is 4.09. The molecular formula is C19H16BrFN2O6. The Labute approximate surface area is 173 Å². The Hall–Kier alpha value is -3.27. The van der Waals surface area contributed by atoms with Gasteiger partial charge in [0.05, 0.1) is 12.0 Å². The van der Waals surface area contributed by atoms with Crippen LogP contribution in [0.1, 0.15) is 12.5 Å². The average molecular weight is 467 g/mol. The van der Waals surface area contributed by atoms with Crippen molar-refractivity contribution in [2.45, 2.75) is 13.0 Å². The topological polar surface area (TPSA) is 108 Å². The minimum absolute atomic E-state index is 0.000383. The number of benzene rings is 2. The smallest absolute Gasteiger partial charge is 0.331 e. The number of anilines is 1. The molecule has 0 saturated carbocycles. The molecule has 2 aromatic rings. The van der Waals surface area contributed by atoms with Crippen molar-refractivity contribution in [1.82, 2.24) is 0 Å². The number of rotatable bonds is 7. The molecule has 1 unspecified atom stereocenters. The standard InChI is InChI=1S/C19H16BrFN2O6/c1-11(19(25)22-14-5-6-15(21)16(10-14)23(26)27)29-18(24)8-3-12-9-13(20)4-7-17(12)28-2/h3-11H,1-2H3,(H,22,25)/b8-3+. The third-order valence-electron chi connectivity index (χ3n) is 3.66. The molecule has 2 rings (SSSR count). The van der Waals surface area contributed by atoms with E-state index in [1.165, 1.54) is 20.1 Å². The van der Waals surface area contributed by atoms with Crippen LogP contribution in [0.15, 0.2) is 46.9 Å². The van der Waals surface area contributed by atoms with Crippen LogP contribution in [0, 0.1) is 15.9 Å². The number of hydrogen-bond donors (Lipinski definition) is 1. The van der Waals surface area contributed by atoms with Crippen LogP contribution >= 0.6 is 15.9 Å². The van der Waals surface area contributed by atoms with Gasteiger partial charge in [0, 0.05) is 27.9 Å². The molecule has 1 atom stereocenters. The molecule has 0 aliphatic rings. The number of nitrogens with zero attached hydrogens (tertiary/aromatic N) is 1. The summed E-state index contributed by atoms with van der Waals surface area (Å²) in [7, 11) is 1.49. The summed E-state index contributed by atoms with van der Waals surface area (Å²) in [5.74, 6) is -1.99. The highest BCUT2D eigenvalue weighted by atomic mass is 79.9. The summed E-state index contributed by atoms with van der Waals surface area (Å²) in [5, 5.41) is 13.1. The Bertz CT molecular complexity index is 979. The first-order valence-electron chi connectivity index (χ1n) is 8.18. The van der Waals surface area contributed by atoms with Gasteiger partial charge in [-0.15, -0.1) is 0 Å².